The fraction of sp³-hybridized carbons (Fsp3) is 0.364. The van der Waals surface area contributed by atoms with Crippen LogP contribution in [0, 0.1) is 11.5 Å². The summed E-state index contributed by atoms with van der Waals surface area (Å²) >= 11 is 0. The molecule has 0 radical (unpaired) electrons. The maximum absolute atomic E-state index is 13.6. The fourth-order valence-electron chi connectivity index (χ4n) is 2.12. The van der Waals surface area contributed by atoms with Gasteiger partial charge in [-0.25, -0.2) is 8.78 Å². The first kappa shape index (κ1) is 14.6. The number of Topliss-reactive ketones (excluding diaryl/α,β-unsaturated/α-hetero) is 1. The SMILES string of the molecule is CS(=NC#N)C1C(=O)C=C(F)C2=C1C(=O)C(F)(F)C2F. The average molecular weight is 306 g/mol. The van der Waals surface area contributed by atoms with Gasteiger partial charge in [-0.1, -0.05) is 10.7 Å². The normalized spacial score (nSPS) is 30.1. The first-order valence-corrected chi connectivity index (χ1v) is 6.85. The van der Waals surface area contributed by atoms with Crippen molar-refractivity contribution in [1.82, 2.24) is 0 Å². The van der Waals surface area contributed by atoms with Gasteiger partial charge >= 0.3 is 5.92 Å². The molecule has 20 heavy (non-hydrogen) atoms. The van der Waals surface area contributed by atoms with Crippen LogP contribution < -0.4 is 0 Å². The molecule has 0 amide bonds. The third-order valence-corrected chi connectivity index (χ3v) is 4.50. The lowest BCUT2D eigenvalue weighted by atomic mass is 9.97. The third-order valence-electron chi connectivity index (χ3n) is 2.98. The summed E-state index contributed by atoms with van der Waals surface area (Å²) in [7, 11) is -1.46. The summed E-state index contributed by atoms with van der Waals surface area (Å²) in [5, 5.41) is 6.89. The summed E-state index contributed by atoms with van der Waals surface area (Å²) in [4.78, 5) is 23.3. The molecule has 0 heterocycles. The van der Waals surface area contributed by atoms with Crippen LogP contribution in [-0.4, -0.2) is 35.2 Å². The molecular formula is C11H6F4N2O2S. The van der Waals surface area contributed by atoms with Crippen molar-refractivity contribution in [3.63, 3.8) is 0 Å². The molecule has 0 bridgehead atoms. The lowest BCUT2D eigenvalue weighted by Crippen LogP contribution is -2.37. The van der Waals surface area contributed by atoms with E-state index in [0.717, 1.165) is 0 Å². The van der Waals surface area contributed by atoms with Crippen LogP contribution in [0.1, 0.15) is 0 Å². The number of nitriles is 1. The molecule has 9 heteroatoms. The molecule has 3 unspecified atom stereocenters. The monoisotopic (exact) mass is 306 g/mol. The van der Waals surface area contributed by atoms with Crippen molar-refractivity contribution in [1.29, 1.82) is 5.26 Å². The van der Waals surface area contributed by atoms with Crippen LogP contribution >= 0.6 is 0 Å². The van der Waals surface area contributed by atoms with Gasteiger partial charge in [0.1, 0.15) is 11.1 Å². The van der Waals surface area contributed by atoms with Crippen LogP contribution in [0.15, 0.2) is 27.4 Å². The summed E-state index contributed by atoms with van der Waals surface area (Å²) in [6.07, 6.45) is -0.133. The summed E-state index contributed by atoms with van der Waals surface area (Å²) in [5.41, 5.74) is -2.01. The Morgan fingerprint density at radius 1 is 1.40 bits per heavy atom. The summed E-state index contributed by atoms with van der Waals surface area (Å²) in [5.74, 6) is -8.79. The Morgan fingerprint density at radius 3 is 2.55 bits per heavy atom. The molecule has 0 aromatic heterocycles. The minimum absolute atomic E-state index is 0.362. The minimum atomic E-state index is -4.41. The number of rotatable bonds is 1. The topological polar surface area (TPSA) is 70.3 Å². The highest BCUT2D eigenvalue weighted by Crippen LogP contribution is 2.46. The van der Waals surface area contributed by atoms with Crippen molar-refractivity contribution < 1.29 is 27.2 Å². The Balaban J connectivity index is 2.67. The van der Waals surface area contributed by atoms with Crippen LogP contribution in [0.4, 0.5) is 17.6 Å². The van der Waals surface area contributed by atoms with Crippen molar-refractivity contribution in [2.75, 3.05) is 6.26 Å². The predicted octanol–water partition coefficient (Wildman–Crippen LogP) is 1.56. The third kappa shape index (κ3) is 1.83. The molecule has 0 aromatic rings. The average Bonchev–Trinajstić information content (AvgIpc) is 2.52. The minimum Gasteiger partial charge on any atom is -0.293 e. The van der Waals surface area contributed by atoms with Gasteiger partial charge in [-0.2, -0.15) is 18.4 Å². The Bertz CT molecular complexity index is 660. The molecule has 3 atom stereocenters. The molecule has 2 rings (SSSR count). The second kappa shape index (κ2) is 4.63. The van der Waals surface area contributed by atoms with Crippen LogP contribution in [0.2, 0.25) is 0 Å². The van der Waals surface area contributed by atoms with Crippen molar-refractivity contribution in [3.8, 4) is 6.19 Å². The lowest BCUT2D eigenvalue weighted by molar-refractivity contribution is -0.143. The van der Waals surface area contributed by atoms with Gasteiger partial charge in [0.05, 0.1) is 0 Å². The highest BCUT2D eigenvalue weighted by atomic mass is 32.2. The molecule has 0 saturated heterocycles. The van der Waals surface area contributed by atoms with E-state index in [1.807, 2.05) is 0 Å². The number of allylic oxidation sites excluding steroid dienone is 3. The van der Waals surface area contributed by atoms with Gasteiger partial charge in [0.25, 0.3) is 0 Å². The van der Waals surface area contributed by atoms with Gasteiger partial charge in [-0.3, -0.25) is 9.59 Å². The van der Waals surface area contributed by atoms with E-state index in [9.17, 15) is 27.2 Å². The second-order valence-corrected chi connectivity index (χ2v) is 5.83. The molecule has 0 N–H and O–H groups in total. The number of carbonyl (C=O) groups is 2. The van der Waals surface area contributed by atoms with E-state index < -0.39 is 56.6 Å². The van der Waals surface area contributed by atoms with Crippen molar-refractivity contribution in [3.05, 3.63) is 23.0 Å². The second-order valence-electron chi connectivity index (χ2n) is 4.13. The van der Waals surface area contributed by atoms with Gasteiger partial charge in [0.2, 0.25) is 12.0 Å². The van der Waals surface area contributed by atoms with Gasteiger partial charge in [-0.05, 0) is 6.26 Å². The largest absolute Gasteiger partial charge is 0.344 e. The molecule has 0 aliphatic heterocycles. The van der Waals surface area contributed by atoms with E-state index in [-0.39, 0.29) is 0 Å². The molecule has 0 spiro atoms. The first-order valence-electron chi connectivity index (χ1n) is 5.20. The number of halogens is 4. The number of hydrogen-bond donors (Lipinski definition) is 0. The standard InChI is InChI=1S/C11H6F4N2O2S/c1-20(17-3-16)8-5(18)2-4(12)6-7(8)10(19)11(14,15)9(6)13/h2,8-9H,1H3. The highest BCUT2D eigenvalue weighted by molar-refractivity contribution is 7.88. The predicted molar refractivity (Wildman–Crippen MR) is 61.2 cm³/mol. The molecule has 4 nitrogen and oxygen atoms in total. The molecule has 106 valence electrons. The van der Waals surface area contributed by atoms with Gasteiger partial charge in [0.15, 0.2) is 12.0 Å². The Labute approximate surface area is 112 Å². The van der Waals surface area contributed by atoms with Crippen LogP contribution in [0.25, 0.3) is 0 Å². The lowest BCUT2D eigenvalue weighted by Gasteiger charge is -2.19. The quantitative estimate of drug-likeness (QED) is 0.545. The Morgan fingerprint density at radius 2 is 2.00 bits per heavy atom. The zero-order chi connectivity index (χ0) is 15.2. The Hall–Kier alpha value is -1.82. The van der Waals surface area contributed by atoms with Gasteiger partial charge < -0.3 is 0 Å². The molecule has 0 aromatic carbocycles. The number of carbonyl (C=O) groups excluding carboxylic acids is 2. The zero-order valence-corrected chi connectivity index (χ0v) is 10.7. The van der Waals surface area contributed by atoms with E-state index in [1.165, 1.54) is 12.4 Å². The number of hydrogen-bond acceptors (Lipinski definition) is 4. The van der Waals surface area contributed by atoms with Gasteiger partial charge in [0, 0.05) is 17.2 Å². The van der Waals surface area contributed by atoms with Crippen molar-refractivity contribution in [2.45, 2.75) is 17.3 Å². The van der Waals surface area contributed by atoms with Crippen LogP contribution in [0.5, 0.6) is 0 Å². The van der Waals surface area contributed by atoms with E-state index in [0.29, 0.717) is 6.08 Å². The maximum Gasteiger partial charge on any atom is 0.344 e. The highest BCUT2D eigenvalue weighted by Gasteiger charge is 2.61. The molecule has 0 fully saturated rings. The van der Waals surface area contributed by atoms with E-state index in [4.69, 9.17) is 5.26 Å². The molecule has 0 saturated carbocycles. The summed E-state index contributed by atoms with van der Waals surface area (Å²) in [6, 6.07) is 0. The van der Waals surface area contributed by atoms with Crippen molar-refractivity contribution in [2.24, 2.45) is 4.36 Å². The van der Waals surface area contributed by atoms with E-state index >= 15 is 0 Å². The van der Waals surface area contributed by atoms with Crippen LogP contribution in [0.3, 0.4) is 0 Å². The molecule has 2 aliphatic carbocycles. The van der Waals surface area contributed by atoms with Crippen molar-refractivity contribution >= 4 is 22.3 Å². The number of nitrogens with zero attached hydrogens (tertiary/aromatic N) is 2. The number of alkyl halides is 3. The molecular weight excluding hydrogens is 300 g/mol. The van der Waals surface area contributed by atoms with Crippen LogP contribution in [-0.2, 0) is 20.3 Å². The number of ketones is 2. The zero-order valence-electron chi connectivity index (χ0n) is 9.86. The van der Waals surface area contributed by atoms with E-state index in [2.05, 4.69) is 4.36 Å². The smallest absolute Gasteiger partial charge is 0.293 e. The first-order chi connectivity index (χ1) is 9.23. The fourth-order valence-corrected chi connectivity index (χ4v) is 3.33. The summed E-state index contributed by atoms with van der Waals surface area (Å²) < 4.78 is 57.2. The summed E-state index contributed by atoms with van der Waals surface area (Å²) in [6.45, 7) is 0. The molecule has 2 aliphatic rings. The Kier molecular flexibility index (Phi) is 3.37. The van der Waals surface area contributed by atoms with E-state index in [1.54, 1.807) is 0 Å². The van der Waals surface area contributed by atoms with Gasteiger partial charge in [-0.15, -0.1) is 0 Å². The maximum atomic E-state index is 13.6.